The lowest BCUT2D eigenvalue weighted by Gasteiger charge is -2.33. The summed E-state index contributed by atoms with van der Waals surface area (Å²) in [5, 5.41) is 12.8. The van der Waals surface area contributed by atoms with E-state index in [0.29, 0.717) is 18.4 Å². The summed E-state index contributed by atoms with van der Waals surface area (Å²) in [6.07, 6.45) is 3.82. The molecule has 3 rings (SSSR count). The molecule has 0 aliphatic carbocycles. The first-order valence-corrected chi connectivity index (χ1v) is 8.90. The molecule has 3 N–H and O–H groups in total. The van der Waals surface area contributed by atoms with Gasteiger partial charge >= 0.3 is 6.03 Å². The number of aromatic nitrogens is 3. The second-order valence-corrected chi connectivity index (χ2v) is 6.59. The Labute approximate surface area is 148 Å². The number of aromatic amines is 1. The number of carbonyl (C=O) groups is 1. The van der Waals surface area contributed by atoms with Crippen molar-refractivity contribution in [1.29, 1.82) is 0 Å². The van der Waals surface area contributed by atoms with Crippen LogP contribution in [0.4, 0.5) is 10.5 Å². The van der Waals surface area contributed by atoms with Gasteiger partial charge in [-0.25, -0.2) is 9.78 Å². The Morgan fingerprint density at radius 3 is 3.04 bits per heavy atom. The van der Waals surface area contributed by atoms with E-state index in [1.807, 2.05) is 31.2 Å². The van der Waals surface area contributed by atoms with Gasteiger partial charge in [0, 0.05) is 30.4 Å². The molecule has 2 amide bonds. The molecule has 0 radical (unpaired) electrons. The lowest BCUT2D eigenvalue weighted by Crippen LogP contribution is -2.43. The largest absolute Gasteiger partial charge is 0.337 e. The number of nitrogens with zero attached hydrogens (tertiary/aromatic N) is 3. The van der Waals surface area contributed by atoms with Crippen LogP contribution in [-0.2, 0) is 0 Å². The minimum Gasteiger partial charge on any atom is -0.337 e. The number of urea groups is 1. The fourth-order valence-corrected chi connectivity index (χ4v) is 3.19. The van der Waals surface area contributed by atoms with Gasteiger partial charge in [0.25, 0.3) is 0 Å². The minimum absolute atomic E-state index is 0.187. The van der Waals surface area contributed by atoms with Crippen molar-refractivity contribution in [3.63, 3.8) is 0 Å². The number of hydrogen-bond acceptors (Lipinski definition) is 4. The Morgan fingerprint density at radius 2 is 2.28 bits per heavy atom. The average Bonchev–Trinajstić information content (AvgIpc) is 3.03. The van der Waals surface area contributed by atoms with Crippen molar-refractivity contribution in [2.45, 2.75) is 39.2 Å². The summed E-state index contributed by atoms with van der Waals surface area (Å²) in [6.45, 7) is 6.79. The standard InChI is InChI=1S/C18H26N6O/c1-13-6-3-4-10-24(13)11-9-19-18(25)21-16-8-5-7-15(12-16)17-20-14(2)22-23-17/h5,7-8,12-13H,3-4,6,9-11H2,1-2H3,(H2,19,21,25)(H,20,22,23). The van der Waals surface area contributed by atoms with Crippen LogP contribution in [0.3, 0.4) is 0 Å². The number of rotatable bonds is 5. The molecule has 0 spiro atoms. The summed E-state index contributed by atoms with van der Waals surface area (Å²) in [5.41, 5.74) is 1.59. The minimum atomic E-state index is -0.187. The molecular weight excluding hydrogens is 316 g/mol. The van der Waals surface area contributed by atoms with Crippen LogP contribution in [0.15, 0.2) is 24.3 Å². The Bertz CT molecular complexity index is 713. The number of aryl methyl sites for hydroxylation is 1. The maximum Gasteiger partial charge on any atom is 0.319 e. The average molecular weight is 342 g/mol. The number of likely N-dealkylation sites (tertiary alicyclic amines) is 1. The highest BCUT2D eigenvalue weighted by atomic mass is 16.2. The molecular formula is C18H26N6O. The SMILES string of the molecule is Cc1nc(-c2cccc(NC(=O)NCCN3CCCCC3C)c2)n[nH]1. The van der Waals surface area contributed by atoms with Crippen LogP contribution in [0.2, 0.25) is 0 Å². The van der Waals surface area contributed by atoms with Crippen molar-refractivity contribution < 1.29 is 4.79 Å². The molecule has 1 fully saturated rings. The third-order valence-corrected chi connectivity index (χ3v) is 4.60. The summed E-state index contributed by atoms with van der Waals surface area (Å²) in [4.78, 5) is 18.9. The van der Waals surface area contributed by atoms with Crippen molar-refractivity contribution >= 4 is 11.7 Å². The number of anilines is 1. The van der Waals surface area contributed by atoms with Crippen molar-refractivity contribution in [1.82, 2.24) is 25.4 Å². The summed E-state index contributed by atoms with van der Waals surface area (Å²) < 4.78 is 0. The van der Waals surface area contributed by atoms with Gasteiger partial charge in [-0.15, -0.1) is 0 Å². The highest BCUT2D eigenvalue weighted by Gasteiger charge is 2.17. The number of nitrogens with one attached hydrogen (secondary N) is 3. The van der Waals surface area contributed by atoms with E-state index in [0.717, 1.165) is 30.2 Å². The van der Waals surface area contributed by atoms with Gasteiger partial charge in [-0.1, -0.05) is 18.6 Å². The first-order chi connectivity index (χ1) is 12.1. The molecule has 1 aliphatic rings. The zero-order valence-electron chi connectivity index (χ0n) is 14.9. The fourth-order valence-electron chi connectivity index (χ4n) is 3.19. The lowest BCUT2D eigenvalue weighted by molar-refractivity contribution is 0.162. The van der Waals surface area contributed by atoms with Gasteiger partial charge in [0.15, 0.2) is 5.82 Å². The molecule has 1 atom stereocenters. The van der Waals surface area contributed by atoms with Crippen LogP contribution in [0, 0.1) is 6.92 Å². The molecule has 1 saturated heterocycles. The van der Waals surface area contributed by atoms with E-state index in [1.165, 1.54) is 19.3 Å². The molecule has 1 unspecified atom stereocenters. The molecule has 1 aromatic heterocycles. The molecule has 2 aromatic rings. The molecule has 7 heteroatoms. The Hall–Kier alpha value is -2.41. The van der Waals surface area contributed by atoms with E-state index in [-0.39, 0.29) is 6.03 Å². The predicted molar refractivity (Wildman–Crippen MR) is 98.5 cm³/mol. The second kappa shape index (κ2) is 8.11. The first-order valence-electron chi connectivity index (χ1n) is 8.90. The quantitative estimate of drug-likeness (QED) is 0.780. The molecule has 1 aliphatic heterocycles. The molecule has 25 heavy (non-hydrogen) atoms. The third-order valence-electron chi connectivity index (χ3n) is 4.60. The van der Waals surface area contributed by atoms with Gasteiger partial charge in [0.2, 0.25) is 0 Å². The Morgan fingerprint density at radius 1 is 1.40 bits per heavy atom. The summed E-state index contributed by atoms with van der Waals surface area (Å²) in [6, 6.07) is 7.95. The van der Waals surface area contributed by atoms with Gasteiger partial charge < -0.3 is 10.6 Å². The van der Waals surface area contributed by atoms with Crippen molar-refractivity contribution in [3.8, 4) is 11.4 Å². The van der Waals surface area contributed by atoms with Gasteiger partial charge in [0.05, 0.1) is 0 Å². The van der Waals surface area contributed by atoms with E-state index in [1.54, 1.807) is 0 Å². The van der Waals surface area contributed by atoms with Crippen LogP contribution < -0.4 is 10.6 Å². The van der Waals surface area contributed by atoms with Crippen molar-refractivity contribution in [2.75, 3.05) is 25.0 Å². The monoisotopic (exact) mass is 342 g/mol. The first kappa shape index (κ1) is 17.4. The normalized spacial score (nSPS) is 18.1. The third kappa shape index (κ3) is 4.79. The highest BCUT2D eigenvalue weighted by molar-refractivity contribution is 5.89. The van der Waals surface area contributed by atoms with Crippen LogP contribution in [-0.4, -0.2) is 51.8 Å². The van der Waals surface area contributed by atoms with Crippen molar-refractivity contribution in [3.05, 3.63) is 30.1 Å². The van der Waals surface area contributed by atoms with Gasteiger partial charge in [-0.05, 0) is 45.4 Å². The topological polar surface area (TPSA) is 85.9 Å². The van der Waals surface area contributed by atoms with E-state index in [4.69, 9.17) is 0 Å². The van der Waals surface area contributed by atoms with E-state index < -0.39 is 0 Å². The van der Waals surface area contributed by atoms with Crippen LogP contribution in [0.25, 0.3) is 11.4 Å². The van der Waals surface area contributed by atoms with Crippen LogP contribution >= 0.6 is 0 Å². The molecule has 7 nitrogen and oxygen atoms in total. The Balaban J connectivity index is 1.49. The van der Waals surface area contributed by atoms with E-state index >= 15 is 0 Å². The molecule has 134 valence electrons. The second-order valence-electron chi connectivity index (χ2n) is 6.59. The number of piperidine rings is 1. The summed E-state index contributed by atoms with van der Waals surface area (Å²) in [5.74, 6) is 1.39. The number of hydrogen-bond donors (Lipinski definition) is 3. The number of carbonyl (C=O) groups excluding carboxylic acids is 1. The van der Waals surface area contributed by atoms with E-state index in [2.05, 4.69) is 37.6 Å². The number of benzene rings is 1. The van der Waals surface area contributed by atoms with E-state index in [9.17, 15) is 4.79 Å². The number of H-pyrrole nitrogens is 1. The van der Waals surface area contributed by atoms with Crippen molar-refractivity contribution in [2.24, 2.45) is 0 Å². The molecule has 0 bridgehead atoms. The van der Waals surface area contributed by atoms with Crippen LogP contribution in [0.1, 0.15) is 32.0 Å². The zero-order valence-corrected chi connectivity index (χ0v) is 14.9. The fraction of sp³-hybridized carbons (Fsp3) is 0.500. The summed E-state index contributed by atoms with van der Waals surface area (Å²) in [7, 11) is 0. The molecule has 0 saturated carbocycles. The molecule has 2 heterocycles. The van der Waals surface area contributed by atoms with Gasteiger partial charge in [-0.3, -0.25) is 10.00 Å². The lowest BCUT2D eigenvalue weighted by atomic mass is 10.0. The Kier molecular flexibility index (Phi) is 5.65. The maximum atomic E-state index is 12.1. The predicted octanol–water partition coefficient (Wildman–Crippen LogP) is 2.78. The highest BCUT2D eigenvalue weighted by Crippen LogP contribution is 2.19. The zero-order chi connectivity index (χ0) is 17.6. The summed E-state index contributed by atoms with van der Waals surface area (Å²) >= 11 is 0. The maximum absolute atomic E-state index is 12.1. The smallest absolute Gasteiger partial charge is 0.319 e. The van der Waals surface area contributed by atoms with Gasteiger partial charge in [-0.2, -0.15) is 5.10 Å². The molecule has 1 aromatic carbocycles. The van der Waals surface area contributed by atoms with Crippen LogP contribution in [0.5, 0.6) is 0 Å². The number of amides is 2. The van der Waals surface area contributed by atoms with Gasteiger partial charge in [0.1, 0.15) is 5.82 Å².